The number of rotatable bonds is 14. The van der Waals surface area contributed by atoms with Gasteiger partial charge in [0.15, 0.2) is 12.4 Å². The molecule has 0 saturated heterocycles. The molecule has 12 nitrogen and oxygen atoms in total. The lowest BCUT2D eigenvalue weighted by atomic mass is 9.83. The van der Waals surface area contributed by atoms with Crippen LogP contribution in [0.2, 0.25) is 10.0 Å². The third kappa shape index (κ3) is 8.95. The van der Waals surface area contributed by atoms with Gasteiger partial charge in [-0.25, -0.2) is 9.59 Å². The van der Waals surface area contributed by atoms with Gasteiger partial charge in [0.05, 0.1) is 33.8 Å². The van der Waals surface area contributed by atoms with Crippen LogP contribution in [0.5, 0.6) is 0 Å². The van der Waals surface area contributed by atoms with E-state index in [1.54, 1.807) is 30.3 Å². The number of Topliss-reactive ketones (excluding diaryl/α,β-unsaturated/α-hetero) is 1. The maximum absolute atomic E-state index is 14.4. The summed E-state index contributed by atoms with van der Waals surface area (Å²) < 4.78 is 10.5. The first-order valence-electron chi connectivity index (χ1n) is 15.2. The van der Waals surface area contributed by atoms with Crippen LogP contribution in [0.3, 0.4) is 0 Å². The zero-order valence-corrected chi connectivity index (χ0v) is 28.4. The van der Waals surface area contributed by atoms with Gasteiger partial charge in [-0.1, -0.05) is 109 Å². The van der Waals surface area contributed by atoms with Crippen molar-refractivity contribution in [2.45, 2.75) is 51.0 Å². The Labute approximate surface area is 292 Å². The van der Waals surface area contributed by atoms with Crippen LogP contribution in [0.25, 0.3) is 0 Å². The molecule has 0 spiro atoms. The third-order valence-electron chi connectivity index (χ3n) is 7.89. The molecule has 2 amide bonds. The summed E-state index contributed by atoms with van der Waals surface area (Å²) >= 11 is 12.2. The van der Waals surface area contributed by atoms with Crippen LogP contribution < -0.4 is 5.32 Å². The van der Waals surface area contributed by atoms with Gasteiger partial charge < -0.3 is 29.6 Å². The molecule has 3 aromatic carbocycles. The molecular formula is C35H35Cl2N3O9. The Morgan fingerprint density at radius 3 is 2.14 bits per heavy atom. The van der Waals surface area contributed by atoms with Gasteiger partial charge in [-0.05, 0) is 23.6 Å². The van der Waals surface area contributed by atoms with Crippen molar-refractivity contribution >= 4 is 58.6 Å². The summed E-state index contributed by atoms with van der Waals surface area (Å²) in [7, 11) is 1.26. The molecule has 0 aliphatic carbocycles. The molecule has 1 unspecified atom stereocenters. The summed E-state index contributed by atoms with van der Waals surface area (Å²) in [5.74, 6) is -4.26. The summed E-state index contributed by atoms with van der Waals surface area (Å²) in [4.78, 5) is 72.1. The smallest absolute Gasteiger partial charge is 0.408 e. The normalized spacial score (nSPS) is 16.5. The number of likely N-dealkylation sites (N-methyl/N-ethyl adjacent to an activating group) is 1. The molecule has 0 bridgehead atoms. The fourth-order valence-corrected chi connectivity index (χ4v) is 5.86. The van der Waals surface area contributed by atoms with Gasteiger partial charge in [0.2, 0.25) is 5.60 Å². The van der Waals surface area contributed by atoms with Crippen molar-refractivity contribution in [3.05, 3.63) is 106 Å². The Kier molecular flexibility index (Phi) is 12.4. The molecule has 0 saturated carbocycles. The summed E-state index contributed by atoms with van der Waals surface area (Å²) in [5, 5.41) is 16.7. The second-order valence-electron chi connectivity index (χ2n) is 11.6. The molecule has 1 aliphatic rings. The van der Waals surface area contributed by atoms with Gasteiger partial charge in [0.1, 0.15) is 12.6 Å². The standard InChI is InChI=1S/C35H35Cl2N3O9/c1-21(2)31(38-34(46)48-19-22-11-6-4-7-12-22)26-18-35(49-39-26,23-13-8-5-9-14-23)33(45)40(3)27(17-29(42)43)28(41)20-47-32(44)30-24(36)15-10-16-25(30)37/h4-16,21,27,31H,17-20H2,1-3H3,(H,38,46)(H,42,43)/t27-,31-,35?/m0/s1. The number of benzene rings is 3. The lowest BCUT2D eigenvalue weighted by Gasteiger charge is -2.34. The summed E-state index contributed by atoms with van der Waals surface area (Å²) in [5.41, 5.74) is -0.496. The number of amides is 2. The molecule has 3 aromatic rings. The minimum absolute atomic E-state index is 0.00281. The average molecular weight is 713 g/mol. The summed E-state index contributed by atoms with van der Waals surface area (Å²) in [6.45, 7) is 2.86. The van der Waals surface area contributed by atoms with Crippen molar-refractivity contribution in [3.8, 4) is 0 Å². The molecular weight excluding hydrogens is 677 g/mol. The molecule has 1 heterocycles. The van der Waals surface area contributed by atoms with Gasteiger partial charge in [-0.2, -0.15) is 0 Å². The Morgan fingerprint density at radius 1 is 0.939 bits per heavy atom. The highest BCUT2D eigenvalue weighted by atomic mass is 35.5. The van der Waals surface area contributed by atoms with E-state index in [2.05, 4.69) is 10.5 Å². The highest BCUT2D eigenvalue weighted by molar-refractivity contribution is 6.39. The van der Waals surface area contributed by atoms with Crippen molar-refractivity contribution in [1.29, 1.82) is 0 Å². The SMILES string of the molecule is CC(C)[C@H](NC(=O)OCc1ccccc1)C1=NOC(C(=O)N(C)[C@@H](CC(=O)O)C(=O)COC(=O)c2c(Cl)cccc2Cl)(c2ccccc2)C1. The number of nitrogens with zero attached hydrogens (tertiary/aromatic N) is 2. The van der Waals surface area contributed by atoms with Gasteiger partial charge in [-0.3, -0.25) is 14.4 Å². The van der Waals surface area contributed by atoms with Crippen molar-refractivity contribution in [2.75, 3.05) is 13.7 Å². The molecule has 0 radical (unpaired) electrons. The number of hydrogen-bond acceptors (Lipinski definition) is 9. The van der Waals surface area contributed by atoms with Crippen molar-refractivity contribution in [2.24, 2.45) is 11.1 Å². The quantitative estimate of drug-likeness (QED) is 0.202. The van der Waals surface area contributed by atoms with Crippen LogP contribution in [0, 0.1) is 5.92 Å². The Morgan fingerprint density at radius 2 is 1.55 bits per heavy atom. The summed E-state index contributed by atoms with van der Waals surface area (Å²) in [6.07, 6.45) is -1.64. The number of aliphatic carboxylic acids is 1. The van der Waals surface area contributed by atoms with Crippen LogP contribution in [0.4, 0.5) is 4.79 Å². The number of carboxylic acid groups (broad SMARTS) is 1. The van der Waals surface area contributed by atoms with E-state index in [1.807, 2.05) is 44.2 Å². The van der Waals surface area contributed by atoms with Gasteiger partial charge in [-0.15, -0.1) is 0 Å². The predicted molar refractivity (Wildman–Crippen MR) is 180 cm³/mol. The first kappa shape index (κ1) is 36.9. The molecule has 4 rings (SSSR count). The van der Waals surface area contributed by atoms with E-state index in [1.165, 1.54) is 25.2 Å². The van der Waals surface area contributed by atoms with E-state index in [0.717, 1.165) is 10.5 Å². The van der Waals surface area contributed by atoms with E-state index in [9.17, 15) is 29.1 Å². The number of nitrogens with one attached hydrogen (secondary N) is 1. The van der Waals surface area contributed by atoms with Crippen LogP contribution in [-0.2, 0) is 40.9 Å². The number of ether oxygens (including phenoxy) is 2. The van der Waals surface area contributed by atoms with E-state index in [-0.39, 0.29) is 34.6 Å². The Bertz CT molecular complexity index is 1700. The first-order valence-corrected chi connectivity index (χ1v) is 16.0. The second kappa shape index (κ2) is 16.4. The number of ketones is 1. The zero-order valence-electron chi connectivity index (χ0n) is 26.9. The lowest BCUT2D eigenvalue weighted by molar-refractivity contribution is -0.161. The lowest BCUT2D eigenvalue weighted by Crippen LogP contribution is -2.54. The molecule has 3 atom stereocenters. The zero-order chi connectivity index (χ0) is 35.7. The minimum atomic E-state index is -1.83. The fourth-order valence-electron chi connectivity index (χ4n) is 5.31. The number of carbonyl (C=O) groups excluding carboxylic acids is 4. The number of oxime groups is 1. The number of esters is 1. The first-order chi connectivity index (χ1) is 23.3. The highest BCUT2D eigenvalue weighted by Crippen LogP contribution is 2.39. The average Bonchev–Trinajstić information content (AvgIpc) is 3.53. The van der Waals surface area contributed by atoms with Crippen LogP contribution in [-0.4, -0.2) is 71.2 Å². The van der Waals surface area contributed by atoms with Gasteiger partial charge in [0.25, 0.3) is 5.91 Å². The van der Waals surface area contributed by atoms with Crippen molar-refractivity contribution in [1.82, 2.24) is 10.2 Å². The maximum atomic E-state index is 14.4. The second-order valence-corrected chi connectivity index (χ2v) is 12.5. The van der Waals surface area contributed by atoms with Crippen LogP contribution >= 0.6 is 23.2 Å². The monoisotopic (exact) mass is 711 g/mol. The van der Waals surface area contributed by atoms with E-state index < -0.39 is 60.4 Å². The molecule has 2 N–H and O–H groups in total. The summed E-state index contributed by atoms with van der Waals surface area (Å²) in [6, 6.07) is 19.6. The molecule has 49 heavy (non-hydrogen) atoms. The van der Waals surface area contributed by atoms with E-state index in [4.69, 9.17) is 37.5 Å². The number of alkyl carbamates (subject to hydrolysis) is 1. The number of carbonyl (C=O) groups is 5. The largest absolute Gasteiger partial charge is 0.481 e. The highest BCUT2D eigenvalue weighted by Gasteiger charge is 2.53. The number of hydrogen-bond donors (Lipinski definition) is 2. The third-order valence-corrected chi connectivity index (χ3v) is 8.52. The molecule has 0 fully saturated rings. The van der Waals surface area contributed by atoms with Gasteiger partial charge >= 0.3 is 18.0 Å². The Balaban J connectivity index is 1.55. The molecule has 258 valence electrons. The van der Waals surface area contributed by atoms with Crippen LogP contribution in [0.15, 0.2) is 84.0 Å². The number of halogens is 2. The van der Waals surface area contributed by atoms with Crippen LogP contribution in [0.1, 0.15) is 48.2 Å². The van der Waals surface area contributed by atoms with Crippen molar-refractivity contribution < 1.29 is 43.4 Å². The van der Waals surface area contributed by atoms with E-state index >= 15 is 0 Å². The predicted octanol–water partition coefficient (Wildman–Crippen LogP) is 5.64. The van der Waals surface area contributed by atoms with E-state index in [0.29, 0.717) is 11.3 Å². The molecule has 1 aliphatic heterocycles. The van der Waals surface area contributed by atoms with Gasteiger partial charge in [0, 0.05) is 19.0 Å². The maximum Gasteiger partial charge on any atom is 0.408 e. The number of carboxylic acids is 1. The molecule has 14 heteroatoms. The molecule has 0 aromatic heterocycles. The fraction of sp³-hybridized carbons (Fsp3) is 0.314. The minimum Gasteiger partial charge on any atom is -0.481 e. The Hall–Kier alpha value is -4.94. The topological polar surface area (TPSA) is 161 Å². The van der Waals surface area contributed by atoms with Crippen molar-refractivity contribution in [3.63, 3.8) is 0 Å².